The molecular weight excluding hydrogens is 453 g/mol. The molecule has 2 aromatic carbocycles. The lowest BCUT2D eigenvalue weighted by molar-refractivity contribution is 0.0919. The monoisotopic (exact) mass is 483 g/mol. The third-order valence-corrected chi connectivity index (χ3v) is 7.83. The molecule has 0 atom stereocenters. The molecule has 5 rings (SSSR count). The number of amides is 1. The zero-order valence-corrected chi connectivity index (χ0v) is 20.1. The summed E-state index contributed by atoms with van der Waals surface area (Å²) in [4.78, 5) is 15.0. The van der Waals surface area contributed by atoms with E-state index in [2.05, 4.69) is 15.4 Å². The fourth-order valence-corrected chi connectivity index (χ4v) is 5.61. The van der Waals surface area contributed by atoms with E-state index in [1.165, 1.54) is 31.4 Å². The molecule has 180 valence electrons. The number of aromatic nitrogens is 1. The number of nitrogens with one attached hydrogen (secondary N) is 1. The summed E-state index contributed by atoms with van der Waals surface area (Å²) in [5, 5.41) is 9.03. The Morgan fingerprint density at radius 2 is 1.79 bits per heavy atom. The zero-order valence-electron chi connectivity index (χ0n) is 19.3. The Labute approximate surface area is 204 Å². The number of benzene rings is 2. The Morgan fingerprint density at radius 1 is 1.06 bits per heavy atom. The van der Waals surface area contributed by atoms with E-state index in [1.807, 2.05) is 0 Å². The van der Waals surface area contributed by atoms with Crippen molar-refractivity contribution in [2.45, 2.75) is 56.9 Å². The van der Waals surface area contributed by atoms with Gasteiger partial charge in [0.05, 0.1) is 5.69 Å². The van der Waals surface area contributed by atoms with Gasteiger partial charge in [-0.2, -0.15) is 0 Å². The average Bonchev–Trinajstić information content (AvgIpc) is 3.27. The number of rotatable bonds is 6. The molecule has 1 amide bonds. The molecule has 0 unspecified atom stereocenters. The number of hydrogen-bond acceptors (Lipinski definition) is 4. The summed E-state index contributed by atoms with van der Waals surface area (Å²) in [6.07, 6.45) is 7.77. The highest BCUT2D eigenvalue weighted by Gasteiger charge is 2.27. The average molecular weight is 484 g/mol. The van der Waals surface area contributed by atoms with Crippen molar-refractivity contribution in [3.8, 4) is 0 Å². The highest BCUT2D eigenvalue weighted by Crippen LogP contribution is 2.33. The predicted octanol–water partition coefficient (Wildman–Crippen LogP) is 6.18. The number of piperidine rings is 1. The molecule has 3 aromatic rings. The van der Waals surface area contributed by atoms with Gasteiger partial charge < -0.3 is 14.7 Å². The van der Waals surface area contributed by atoms with Gasteiger partial charge in [-0.15, -0.1) is 0 Å². The Morgan fingerprint density at radius 3 is 2.53 bits per heavy atom. The van der Waals surface area contributed by atoms with E-state index < -0.39 is 0 Å². The second-order valence-electron chi connectivity index (χ2n) is 9.81. The molecule has 1 saturated carbocycles. The SMILES string of the molecule is O=C(N[C@H]1CC[C@H](CCN2CCC(c3noc4cc(F)ccc34)CC2)CC1)c1ccc(Cl)cc1. The Balaban J connectivity index is 1.03. The molecule has 0 bridgehead atoms. The minimum atomic E-state index is -0.289. The molecule has 2 aliphatic rings. The normalized spacial score (nSPS) is 22.2. The number of fused-ring (bicyclic) bond motifs is 1. The van der Waals surface area contributed by atoms with Crippen molar-refractivity contribution in [3.63, 3.8) is 0 Å². The van der Waals surface area contributed by atoms with E-state index in [1.54, 1.807) is 30.3 Å². The zero-order chi connectivity index (χ0) is 23.5. The Hall–Kier alpha value is -2.44. The molecule has 0 radical (unpaired) electrons. The summed E-state index contributed by atoms with van der Waals surface area (Å²) in [6, 6.07) is 12.0. The third kappa shape index (κ3) is 5.44. The van der Waals surface area contributed by atoms with E-state index in [0.29, 0.717) is 22.1 Å². The van der Waals surface area contributed by atoms with Crippen LogP contribution in [0.3, 0.4) is 0 Å². The van der Waals surface area contributed by atoms with Crippen LogP contribution in [0.25, 0.3) is 11.0 Å². The van der Waals surface area contributed by atoms with Crippen LogP contribution in [-0.4, -0.2) is 41.6 Å². The molecular formula is C27H31ClFN3O2. The maximum Gasteiger partial charge on any atom is 0.251 e. The van der Waals surface area contributed by atoms with E-state index in [-0.39, 0.29) is 17.8 Å². The maximum absolute atomic E-state index is 13.4. The molecule has 1 N–H and O–H groups in total. The van der Waals surface area contributed by atoms with Crippen molar-refractivity contribution in [2.75, 3.05) is 19.6 Å². The van der Waals surface area contributed by atoms with Crippen LogP contribution in [0.1, 0.15) is 66.9 Å². The van der Waals surface area contributed by atoms with Crippen LogP contribution in [0.2, 0.25) is 5.02 Å². The van der Waals surface area contributed by atoms with Crippen LogP contribution >= 0.6 is 11.6 Å². The van der Waals surface area contributed by atoms with Gasteiger partial charge in [0.25, 0.3) is 5.91 Å². The number of carbonyl (C=O) groups is 1. The highest BCUT2D eigenvalue weighted by atomic mass is 35.5. The van der Waals surface area contributed by atoms with E-state index >= 15 is 0 Å². The second-order valence-corrected chi connectivity index (χ2v) is 10.2. The number of nitrogens with zero attached hydrogens (tertiary/aromatic N) is 2. The van der Waals surface area contributed by atoms with Crippen LogP contribution in [0.4, 0.5) is 4.39 Å². The van der Waals surface area contributed by atoms with Crippen molar-refractivity contribution in [3.05, 3.63) is 64.6 Å². The van der Waals surface area contributed by atoms with Crippen LogP contribution < -0.4 is 5.32 Å². The molecule has 34 heavy (non-hydrogen) atoms. The van der Waals surface area contributed by atoms with Crippen LogP contribution in [0, 0.1) is 11.7 Å². The van der Waals surface area contributed by atoms with Gasteiger partial charge in [-0.25, -0.2) is 4.39 Å². The summed E-state index contributed by atoms with van der Waals surface area (Å²) < 4.78 is 18.8. The van der Waals surface area contributed by atoms with E-state index in [0.717, 1.165) is 62.3 Å². The molecule has 5 nitrogen and oxygen atoms in total. The van der Waals surface area contributed by atoms with Crippen molar-refractivity contribution < 1.29 is 13.7 Å². The largest absolute Gasteiger partial charge is 0.356 e. The molecule has 1 aliphatic carbocycles. The van der Waals surface area contributed by atoms with Gasteiger partial charge >= 0.3 is 0 Å². The molecule has 2 heterocycles. The van der Waals surface area contributed by atoms with Crippen LogP contribution in [-0.2, 0) is 0 Å². The van der Waals surface area contributed by atoms with Gasteiger partial charge in [-0.1, -0.05) is 16.8 Å². The van der Waals surface area contributed by atoms with Gasteiger partial charge in [-0.3, -0.25) is 4.79 Å². The fraction of sp³-hybridized carbons (Fsp3) is 0.481. The summed E-state index contributed by atoms with van der Waals surface area (Å²) >= 11 is 5.91. The molecule has 7 heteroatoms. The first-order valence-corrected chi connectivity index (χ1v) is 12.8. The Kier molecular flexibility index (Phi) is 7.16. The quantitative estimate of drug-likeness (QED) is 0.455. The van der Waals surface area contributed by atoms with Gasteiger partial charge in [0.15, 0.2) is 5.58 Å². The van der Waals surface area contributed by atoms with Crippen molar-refractivity contribution >= 4 is 28.5 Å². The van der Waals surface area contributed by atoms with Gasteiger partial charge in [-0.05, 0) is 107 Å². The smallest absolute Gasteiger partial charge is 0.251 e. The van der Waals surface area contributed by atoms with Crippen LogP contribution in [0.15, 0.2) is 47.0 Å². The van der Waals surface area contributed by atoms with Crippen molar-refractivity contribution in [1.29, 1.82) is 0 Å². The summed E-state index contributed by atoms with van der Waals surface area (Å²) in [6.45, 7) is 3.25. The lowest BCUT2D eigenvalue weighted by atomic mass is 9.83. The van der Waals surface area contributed by atoms with Gasteiger partial charge in [0, 0.05) is 34.0 Å². The molecule has 2 fully saturated rings. The Bertz CT molecular complexity index is 1120. The van der Waals surface area contributed by atoms with E-state index in [9.17, 15) is 9.18 Å². The summed E-state index contributed by atoms with van der Waals surface area (Å²) in [7, 11) is 0. The summed E-state index contributed by atoms with van der Waals surface area (Å²) in [5.41, 5.74) is 2.19. The minimum Gasteiger partial charge on any atom is -0.356 e. The van der Waals surface area contributed by atoms with Crippen LogP contribution in [0.5, 0.6) is 0 Å². The molecule has 1 aromatic heterocycles. The number of carbonyl (C=O) groups excluding carboxylic acids is 1. The standard InChI is InChI=1S/C27H31ClFN3O2/c28-21-5-3-20(4-6-21)27(33)30-23-8-1-18(2-9-23)11-14-32-15-12-19(13-16-32)26-24-10-7-22(29)17-25(24)34-31-26/h3-7,10,17-19,23H,1-2,8-9,11-16H2,(H,30,33)/t18-,23-. The third-order valence-electron chi connectivity index (χ3n) is 7.58. The topological polar surface area (TPSA) is 58.4 Å². The summed E-state index contributed by atoms with van der Waals surface area (Å²) in [5.74, 6) is 0.814. The molecule has 0 spiro atoms. The highest BCUT2D eigenvalue weighted by molar-refractivity contribution is 6.30. The molecule has 1 aliphatic heterocycles. The number of halogens is 2. The predicted molar refractivity (Wildman–Crippen MR) is 132 cm³/mol. The lowest BCUT2D eigenvalue weighted by Crippen LogP contribution is -2.38. The molecule has 1 saturated heterocycles. The first-order valence-electron chi connectivity index (χ1n) is 12.4. The van der Waals surface area contributed by atoms with Gasteiger partial charge in [0.2, 0.25) is 0 Å². The second kappa shape index (κ2) is 10.4. The van der Waals surface area contributed by atoms with Crippen molar-refractivity contribution in [1.82, 2.24) is 15.4 Å². The van der Waals surface area contributed by atoms with Crippen molar-refractivity contribution in [2.24, 2.45) is 5.92 Å². The maximum atomic E-state index is 13.4. The fourth-order valence-electron chi connectivity index (χ4n) is 5.49. The number of likely N-dealkylation sites (tertiary alicyclic amines) is 1. The lowest BCUT2D eigenvalue weighted by Gasteiger charge is -2.34. The minimum absolute atomic E-state index is 0.00647. The number of hydrogen-bond donors (Lipinski definition) is 1. The first-order chi connectivity index (χ1) is 16.5. The first kappa shape index (κ1) is 23.3. The van der Waals surface area contributed by atoms with Gasteiger partial charge in [0.1, 0.15) is 5.82 Å². The van der Waals surface area contributed by atoms with E-state index in [4.69, 9.17) is 16.1 Å².